The van der Waals surface area contributed by atoms with Crippen LogP contribution in [0.15, 0.2) is 42.5 Å². The van der Waals surface area contributed by atoms with Crippen LogP contribution in [0.2, 0.25) is 5.02 Å². The Morgan fingerprint density at radius 1 is 1.00 bits per heavy atom. The molecule has 36 heavy (non-hydrogen) atoms. The molecule has 1 amide bonds. The number of piperidine rings is 1. The molecule has 11 heteroatoms. The Labute approximate surface area is 210 Å². The summed E-state index contributed by atoms with van der Waals surface area (Å²) in [6.07, 6.45) is -10.8. The van der Waals surface area contributed by atoms with Crippen LogP contribution in [0.25, 0.3) is 0 Å². The Morgan fingerprint density at radius 3 is 2.14 bits per heavy atom. The lowest BCUT2D eigenvalue weighted by atomic mass is 9.87. The first-order valence-electron chi connectivity index (χ1n) is 11.2. The molecule has 3 rings (SSSR count). The minimum Gasteiger partial charge on any atom is -0.444 e. The van der Waals surface area contributed by atoms with Crippen molar-refractivity contribution in [2.75, 3.05) is 13.1 Å². The summed E-state index contributed by atoms with van der Waals surface area (Å²) in [5.41, 5.74) is -3.07. The number of likely N-dealkylation sites (tertiary alicyclic amines) is 1. The molecule has 2 atom stereocenters. The van der Waals surface area contributed by atoms with Crippen molar-refractivity contribution < 1.29 is 40.6 Å². The van der Waals surface area contributed by atoms with Crippen molar-refractivity contribution in [1.82, 2.24) is 4.90 Å². The van der Waals surface area contributed by atoms with Crippen LogP contribution in [-0.2, 0) is 28.4 Å². The first kappa shape index (κ1) is 28.1. The number of amides is 1. The third-order valence-corrected chi connectivity index (χ3v) is 5.83. The monoisotopic (exact) mass is 537 g/mol. The molecule has 1 fully saturated rings. The zero-order chi connectivity index (χ0) is 26.9. The van der Waals surface area contributed by atoms with Crippen LogP contribution in [0.1, 0.15) is 55.4 Å². The minimum atomic E-state index is -4.96. The highest BCUT2D eigenvalue weighted by molar-refractivity contribution is 6.30. The van der Waals surface area contributed by atoms with Crippen LogP contribution in [0.4, 0.5) is 31.1 Å². The summed E-state index contributed by atoms with van der Waals surface area (Å²) in [6.45, 7) is 4.98. The number of carbonyl (C=O) groups is 1. The molecule has 1 aliphatic rings. The van der Waals surface area contributed by atoms with E-state index in [4.69, 9.17) is 21.1 Å². The summed E-state index contributed by atoms with van der Waals surface area (Å²) in [4.78, 5) is 14.0. The number of halogens is 7. The molecule has 0 unspecified atom stereocenters. The number of ether oxygens (including phenoxy) is 2. The van der Waals surface area contributed by atoms with Crippen LogP contribution < -0.4 is 0 Å². The lowest BCUT2D eigenvalue weighted by Crippen LogP contribution is -2.48. The molecule has 2 aromatic carbocycles. The standard InChI is InChI=1S/C25H26ClF6NO3/c1-23(2,3)36-22(34)33-8-7-20(16-5-4-6-19(26)11-16)21(13-33)35-14-15-9-17(24(27,28)29)12-18(10-15)25(30,31)32/h4-6,9-12,20-21H,7-8,13-14H2,1-3H3/t20-,21-/m0/s1. The van der Waals surface area contributed by atoms with Crippen molar-refractivity contribution in [3.63, 3.8) is 0 Å². The molecule has 0 saturated carbocycles. The highest BCUT2D eigenvalue weighted by atomic mass is 35.5. The molecule has 0 N–H and O–H groups in total. The first-order chi connectivity index (χ1) is 16.5. The Hall–Kier alpha value is -2.46. The number of benzene rings is 2. The Morgan fingerprint density at radius 2 is 1.61 bits per heavy atom. The van der Waals surface area contributed by atoms with Gasteiger partial charge in [-0.25, -0.2) is 4.79 Å². The second-order valence-corrected chi connectivity index (χ2v) is 10.1. The quantitative estimate of drug-likeness (QED) is 0.375. The number of rotatable bonds is 4. The zero-order valence-electron chi connectivity index (χ0n) is 19.8. The van der Waals surface area contributed by atoms with Crippen LogP contribution in [0, 0.1) is 0 Å². The van der Waals surface area contributed by atoms with Gasteiger partial charge < -0.3 is 14.4 Å². The van der Waals surface area contributed by atoms with Gasteiger partial charge in [-0.3, -0.25) is 0 Å². The van der Waals surface area contributed by atoms with Crippen LogP contribution in [0.3, 0.4) is 0 Å². The van der Waals surface area contributed by atoms with E-state index < -0.39 is 47.9 Å². The van der Waals surface area contributed by atoms with Gasteiger partial charge in [0.25, 0.3) is 0 Å². The van der Waals surface area contributed by atoms with E-state index >= 15 is 0 Å². The van der Waals surface area contributed by atoms with Gasteiger partial charge in [0.1, 0.15) is 5.60 Å². The van der Waals surface area contributed by atoms with E-state index in [1.807, 2.05) is 6.07 Å². The maximum atomic E-state index is 13.2. The van der Waals surface area contributed by atoms with Gasteiger partial charge in [0, 0.05) is 17.5 Å². The Bertz CT molecular complexity index is 1050. The van der Waals surface area contributed by atoms with Gasteiger partial charge in [0.05, 0.1) is 30.4 Å². The molecule has 0 aromatic heterocycles. The van der Waals surface area contributed by atoms with Gasteiger partial charge in [-0.2, -0.15) is 26.3 Å². The second-order valence-electron chi connectivity index (χ2n) is 9.64. The van der Waals surface area contributed by atoms with E-state index in [0.717, 1.165) is 5.56 Å². The topological polar surface area (TPSA) is 38.8 Å². The fourth-order valence-electron chi connectivity index (χ4n) is 4.00. The predicted octanol–water partition coefficient (Wildman–Crippen LogP) is 7.69. The average molecular weight is 538 g/mol. The second kappa shape index (κ2) is 10.5. The van der Waals surface area contributed by atoms with Crippen molar-refractivity contribution in [2.45, 2.75) is 63.8 Å². The fraction of sp³-hybridized carbons (Fsp3) is 0.480. The van der Waals surface area contributed by atoms with Gasteiger partial charge >= 0.3 is 18.4 Å². The molecule has 0 radical (unpaired) electrons. The van der Waals surface area contributed by atoms with Gasteiger partial charge in [0.15, 0.2) is 0 Å². The minimum absolute atomic E-state index is 0.0389. The molecule has 1 heterocycles. The van der Waals surface area contributed by atoms with E-state index in [1.165, 1.54) is 4.90 Å². The summed E-state index contributed by atoms with van der Waals surface area (Å²) in [7, 11) is 0. The van der Waals surface area contributed by atoms with Crippen molar-refractivity contribution in [2.24, 2.45) is 0 Å². The number of hydrogen-bond donors (Lipinski definition) is 0. The third-order valence-electron chi connectivity index (χ3n) is 5.60. The highest BCUT2D eigenvalue weighted by Crippen LogP contribution is 2.37. The summed E-state index contributed by atoms with van der Waals surface area (Å²) in [5.74, 6) is -0.296. The van der Waals surface area contributed by atoms with Crippen molar-refractivity contribution in [3.8, 4) is 0 Å². The van der Waals surface area contributed by atoms with Gasteiger partial charge in [-0.15, -0.1) is 0 Å². The van der Waals surface area contributed by atoms with E-state index in [0.29, 0.717) is 30.1 Å². The van der Waals surface area contributed by atoms with Crippen molar-refractivity contribution in [1.29, 1.82) is 0 Å². The number of hydrogen-bond acceptors (Lipinski definition) is 3. The molecule has 1 aliphatic heterocycles. The van der Waals surface area contributed by atoms with Gasteiger partial charge in [-0.05, 0) is 68.7 Å². The first-order valence-corrected chi connectivity index (χ1v) is 11.5. The maximum absolute atomic E-state index is 13.2. The Balaban J connectivity index is 1.88. The number of nitrogens with zero attached hydrogens (tertiary/aromatic N) is 1. The number of carbonyl (C=O) groups excluding carboxylic acids is 1. The van der Waals surface area contributed by atoms with E-state index in [-0.39, 0.29) is 24.1 Å². The molecular weight excluding hydrogens is 512 g/mol. The van der Waals surface area contributed by atoms with Crippen LogP contribution in [-0.4, -0.2) is 35.8 Å². The van der Waals surface area contributed by atoms with Crippen molar-refractivity contribution in [3.05, 3.63) is 69.7 Å². The van der Waals surface area contributed by atoms with E-state index in [9.17, 15) is 31.1 Å². The predicted molar refractivity (Wildman–Crippen MR) is 122 cm³/mol. The summed E-state index contributed by atoms with van der Waals surface area (Å²) in [6, 6.07) is 8.29. The van der Waals surface area contributed by atoms with Crippen molar-refractivity contribution >= 4 is 17.7 Å². The SMILES string of the molecule is CC(C)(C)OC(=O)N1CC[C@@H](c2cccc(Cl)c2)[C@@H](OCc2cc(C(F)(F)F)cc(C(F)(F)F)c2)C1. The smallest absolute Gasteiger partial charge is 0.416 e. The van der Waals surface area contributed by atoms with Gasteiger partial charge in [-0.1, -0.05) is 23.7 Å². The van der Waals surface area contributed by atoms with E-state index in [2.05, 4.69) is 0 Å². The average Bonchev–Trinajstić information content (AvgIpc) is 2.75. The largest absolute Gasteiger partial charge is 0.444 e. The molecule has 0 spiro atoms. The lowest BCUT2D eigenvalue weighted by molar-refractivity contribution is -0.143. The molecule has 2 aromatic rings. The Kier molecular flexibility index (Phi) is 8.20. The molecule has 1 saturated heterocycles. The molecule has 4 nitrogen and oxygen atoms in total. The third kappa shape index (κ3) is 7.52. The molecular formula is C25H26ClF6NO3. The maximum Gasteiger partial charge on any atom is 0.416 e. The molecule has 0 aliphatic carbocycles. The van der Waals surface area contributed by atoms with Gasteiger partial charge in [0.2, 0.25) is 0 Å². The highest BCUT2D eigenvalue weighted by Gasteiger charge is 2.38. The summed E-state index contributed by atoms with van der Waals surface area (Å²) >= 11 is 6.12. The zero-order valence-corrected chi connectivity index (χ0v) is 20.6. The lowest BCUT2D eigenvalue weighted by Gasteiger charge is -2.39. The fourth-order valence-corrected chi connectivity index (χ4v) is 4.20. The van der Waals surface area contributed by atoms with Crippen LogP contribution in [0.5, 0.6) is 0 Å². The normalized spacial score (nSPS) is 19.3. The van der Waals surface area contributed by atoms with E-state index in [1.54, 1.807) is 39.0 Å². The summed E-state index contributed by atoms with van der Waals surface area (Å²) in [5, 5.41) is 0.466. The summed E-state index contributed by atoms with van der Waals surface area (Å²) < 4.78 is 90.8. The van der Waals surface area contributed by atoms with Crippen LogP contribution >= 0.6 is 11.6 Å². The molecule has 0 bridgehead atoms. The number of alkyl halides is 6. The molecule has 198 valence electrons.